The highest BCUT2D eigenvalue weighted by molar-refractivity contribution is 5.37. The molecule has 0 bridgehead atoms. The summed E-state index contributed by atoms with van der Waals surface area (Å²) in [7, 11) is 0. The van der Waals surface area contributed by atoms with Gasteiger partial charge in [0.1, 0.15) is 11.4 Å². The van der Waals surface area contributed by atoms with Crippen molar-refractivity contribution in [1.82, 2.24) is 15.0 Å². The lowest BCUT2D eigenvalue weighted by atomic mass is 10.3. The fourth-order valence-electron chi connectivity index (χ4n) is 1.21. The van der Waals surface area contributed by atoms with Gasteiger partial charge in [0.2, 0.25) is 11.9 Å². The predicted octanol–water partition coefficient (Wildman–Crippen LogP) is 0.551. The van der Waals surface area contributed by atoms with Crippen LogP contribution in [0.2, 0.25) is 0 Å². The third-order valence-corrected chi connectivity index (χ3v) is 1.72. The molecular formula is C11H21N5O3. The Morgan fingerprint density at radius 3 is 1.68 bits per heavy atom. The molecule has 0 aromatic carbocycles. The Bertz CT molecular complexity index is 391. The van der Waals surface area contributed by atoms with E-state index in [-0.39, 0.29) is 17.9 Å². The maximum Gasteiger partial charge on any atom is 0.323 e. The molecule has 0 aliphatic heterocycles. The Hall–Kier alpha value is -1.67. The molecule has 0 aliphatic rings. The second-order valence-corrected chi connectivity index (χ2v) is 5.07. The van der Waals surface area contributed by atoms with Crippen LogP contribution in [0.1, 0.15) is 34.6 Å². The average molecular weight is 271 g/mol. The Morgan fingerprint density at radius 1 is 0.947 bits per heavy atom. The highest BCUT2D eigenvalue weighted by atomic mass is 16.5. The first kappa shape index (κ1) is 15.4. The zero-order chi connectivity index (χ0) is 14.7. The van der Waals surface area contributed by atoms with Gasteiger partial charge in [-0.3, -0.25) is 0 Å². The average Bonchev–Trinajstić information content (AvgIpc) is 2.11. The van der Waals surface area contributed by atoms with Crippen LogP contribution in [0.25, 0.3) is 0 Å². The van der Waals surface area contributed by atoms with Crippen LogP contribution in [0.3, 0.4) is 0 Å². The van der Waals surface area contributed by atoms with Crippen LogP contribution in [0.15, 0.2) is 0 Å². The summed E-state index contributed by atoms with van der Waals surface area (Å²) < 4.78 is 5.21. The molecular weight excluding hydrogens is 250 g/mol. The number of aromatic nitrogens is 3. The molecule has 0 amide bonds. The Balaban J connectivity index is 3.03. The normalized spacial score (nSPS) is 12.2. The number of nitrogens with one attached hydrogen (secondary N) is 2. The zero-order valence-electron chi connectivity index (χ0n) is 11.9. The van der Waals surface area contributed by atoms with Gasteiger partial charge in [0.05, 0.1) is 6.61 Å². The van der Waals surface area contributed by atoms with Gasteiger partial charge in [-0.05, 0) is 34.6 Å². The molecule has 1 heterocycles. The standard InChI is InChI=1S/C11H21N5O3/c1-6-19-9-13-7(15-10(2,3)17)12-8(14-9)16-11(4,5)18/h17-18H,6H2,1-5H3,(H2,12,13,14,15,16). The first-order valence-electron chi connectivity index (χ1n) is 5.99. The molecule has 0 unspecified atom stereocenters. The van der Waals surface area contributed by atoms with Gasteiger partial charge in [-0.2, -0.15) is 15.0 Å². The van der Waals surface area contributed by atoms with Crippen molar-refractivity contribution in [2.45, 2.75) is 46.1 Å². The highest BCUT2D eigenvalue weighted by Crippen LogP contribution is 2.16. The maximum atomic E-state index is 9.69. The van der Waals surface area contributed by atoms with Crippen molar-refractivity contribution in [3.05, 3.63) is 0 Å². The first-order valence-corrected chi connectivity index (χ1v) is 5.99. The second-order valence-electron chi connectivity index (χ2n) is 5.07. The number of nitrogens with zero attached hydrogens (tertiary/aromatic N) is 3. The second kappa shape index (κ2) is 5.54. The van der Waals surface area contributed by atoms with E-state index >= 15 is 0 Å². The van der Waals surface area contributed by atoms with Crippen LogP contribution in [0.5, 0.6) is 6.01 Å². The van der Waals surface area contributed by atoms with E-state index in [9.17, 15) is 10.2 Å². The molecule has 108 valence electrons. The van der Waals surface area contributed by atoms with E-state index in [1.807, 2.05) is 0 Å². The van der Waals surface area contributed by atoms with Crippen molar-refractivity contribution in [2.24, 2.45) is 0 Å². The summed E-state index contributed by atoms with van der Waals surface area (Å²) in [6.07, 6.45) is 0. The van der Waals surface area contributed by atoms with Crippen molar-refractivity contribution in [2.75, 3.05) is 17.2 Å². The molecule has 8 heteroatoms. The van der Waals surface area contributed by atoms with E-state index in [4.69, 9.17) is 4.74 Å². The van der Waals surface area contributed by atoms with Crippen LogP contribution in [0, 0.1) is 0 Å². The molecule has 4 N–H and O–H groups in total. The SMILES string of the molecule is CCOc1nc(NC(C)(C)O)nc(NC(C)(C)O)n1. The van der Waals surface area contributed by atoms with Gasteiger partial charge in [-0.15, -0.1) is 0 Å². The zero-order valence-corrected chi connectivity index (χ0v) is 11.9. The van der Waals surface area contributed by atoms with Crippen molar-refractivity contribution < 1.29 is 14.9 Å². The summed E-state index contributed by atoms with van der Waals surface area (Å²) in [6.45, 7) is 8.42. The molecule has 1 aromatic rings. The van der Waals surface area contributed by atoms with Gasteiger partial charge in [-0.1, -0.05) is 0 Å². The lowest BCUT2D eigenvalue weighted by Crippen LogP contribution is -2.33. The lowest BCUT2D eigenvalue weighted by Gasteiger charge is -2.22. The molecule has 0 saturated heterocycles. The summed E-state index contributed by atoms with van der Waals surface area (Å²) in [5.74, 6) is 0.301. The third kappa shape index (κ3) is 6.16. The van der Waals surface area contributed by atoms with Gasteiger partial charge < -0.3 is 25.6 Å². The molecule has 8 nitrogen and oxygen atoms in total. The Kier molecular flexibility index (Phi) is 4.48. The van der Waals surface area contributed by atoms with Gasteiger partial charge in [0.15, 0.2) is 0 Å². The largest absolute Gasteiger partial charge is 0.464 e. The van der Waals surface area contributed by atoms with Gasteiger partial charge in [-0.25, -0.2) is 0 Å². The molecule has 0 fully saturated rings. The monoisotopic (exact) mass is 271 g/mol. The van der Waals surface area contributed by atoms with E-state index in [2.05, 4.69) is 25.6 Å². The van der Waals surface area contributed by atoms with Crippen molar-refractivity contribution in [3.8, 4) is 6.01 Å². The molecule has 19 heavy (non-hydrogen) atoms. The molecule has 0 spiro atoms. The Labute approximate surface area is 112 Å². The highest BCUT2D eigenvalue weighted by Gasteiger charge is 2.19. The number of hydrogen-bond acceptors (Lipinski definition) is 8. The fourth-order valence-corrected chi connectivity index (χ4v) is 1.21. The topological polar surface area (TPSA) is 112 Å². The van der Waals surface area contributed by atoms with Crippen LogP contribution in [0.4, 0.5) is 11.9 Å². The molecule has 0 atom stereocenters. The first-order chi connectivity index (χ1) is 8.59. The molecule has 1 rings (SSSR count). The van der Waals surface area contributed by atoms with E-state index in [1.165, 1.54) is 0 Å². The lowest BCUT2D eigenvalue weighted by molar-refractivity contribution is 0.109. The third-order valence-electron chi connectivity index (χ3n) is 1.72. The van der Waals surface area contributed by atoms with E-state index in [0.29, 0.717) is 6.61 Å². The molecule has 1 aromatic heterocycles. The number of ether oxygens (including phenoxy) is 1. The van der Waals surface area contributed by atoms with Gasteiger partial charge in [0.25, 0.3) is 0 Å². The number of anilines is 2. The van der Waals surface area contributed by atoms with Crippen molar-refractivity contribution >= 4 is 11.9 Å². The minimum Gasteiger partial charge on any atom is -0.464 e. The summed E-state index contributed by atoms with van der Waals surface area (Å²) in [4.78, 5) is 12.0. The van der Waals surface area contributed by atoms with Crippen LogP contribution in [-0.2, 0) is 0 Å². The minimum absolute atomic E-state index is 0.107. The van der Waals surface area contributed by atoms with Crippen LogP contribution >= 0.6 is 0 Å². The fraction of sp³-hybridized carbons (Fsp3) is 0.727. The predicted molar refractivity (Wildman–Crippen MR) is 70.8 cm³/mol. The van der Waals surface area contributed by atoms with Crippen molar-refractivity contribution in [1.29, 1.82) is 0 Å². The summed E-state index contributed by atoms with van der Waals surface area (Å²) in [6, 6.07) is 0.107. The number of hydrogen-bond donors (Lipinski definition) is 4. The van der Waals surface area contributed by atoms with Crippen LogP contribution in [-0.4, -0.2) is 43.2 Å². The maximum absolute atomic E-state index is 9.69. The summed E-state index contributed by atoms with van der Waals surface area (Å²) >= 11 is 0. The van der Waals surface area contributed by atoms with E-state index in [0.717, 1.165) is 0 Å². The van der Waals surface area contributed by atoms with Crippen LogP contribution < -0.4 is 15.4 Å². The molecule has 0 aliphatic carbocycles. The van der Waals surface area contributed by atoms with Gasteiger partial charge in [0, 0.05) is 0 Å². The van der Waals surface area contributed by atoms with Gasteiger partial charge >= 0.3 is 6.01 Å². The molecule has 0 radical (unpaired) electrons. The summed E-state index contributed by atoms with van der Waals surface area (Å²) in [5, 5.41) is 24.8. The minimum atomic E-state index is -1.18. The Morgan fingerprint density at radius 2 is 1.37 bits per heavy atom. The number of rotatable bonds is 6. The quantitative estimate of drug-likeness (QED) is 0.555. The summed E-state index contributed by atoms with van der Waals surface area (Å²) in [5.41, 5.74) is -2.37. The van der Waals surface area contributed by atoms with E-state index in [1.54, 1.807) is 34.6 Å². The van der Waals surface area contributed by atoms with E-state index < -0.39 is 11.4 Å². The smallest absolute Gasteiger partial charge is 0.323 e. The molecule has 0 saturated carbocycles. The van der Waals surface area contributed by atoms with Crippen molar-refractivity contribution in [3.63, 3.8) is 0 Å². The number of aliphatic hydroxyl groups is 2.